The second-order valence-corrected chi connectivity index (χ2v) is 6.42. The van der Waals surface area contributed by atoms with Crippen LogP contribution in [0.1, 0.15) is 35.8 Å². The molecule has 6 nitrogen and oxygen atoms in total. The van der Waals surface area contributed by atoms with Gasteiger partial charge in [0.1, 0.15) is 17.2 Å². The fourth-order valence-corrected chi connectivity index (χ4v) is 2.66. The third kappa shape index (κ3) is 5.13. The minimum Gasteiger partial charge on any atom is -0.497 e. The summed E-state index contributed by atoms with van der Waals surface area (Å²) in [5.74, 6) is 1.43. The maximum Gasteiger partial charge on any atom is 0.269 e. The predicted molar refractivity (Wildman–Crippen MR) is 109 cm³/mol. The number of carbonyl (C=O) groups is 1. The number of H-pyrrole nitrogens is 1. The van der Waals surface area contributed by atoms with Gasteiger partial charge in [0.25, 0.3) is 5.91 Å². The van der Waals surface area contributed by atoms with Crippen molar-refractivity contribution < 1.29 is 14.3 Å². The van der Waals surface area contributed by atoms with Crippen molar-refractivity contribution in [1.29, 1.82) is 0 Å². The zero-order valence-corrected chi connectivity index (χ0v) is 16.2. The largest absolute Gasteiger partial charge is 0.497 e. The summed E-state index contributed by atoms with van der Waals surface area (Å²) in [7, 11) is 1.62. The first kappa shape index (κ1) is 19.5. The van der Waals surface area contributed by atoms with Gasteiger partial charge in [0, 0.05) is 12.1 Å². The van der Waals surface area contributed by atoms with Gasteiger partial charge in [0.2, 0.25) is 0 Å². The first-order valence-corrected chi connectivity index (χ1v) is 9.39. The van der Waals surface area contributed by atoms with Gasteiger partial charge in [-0.1, -0.05) is 25.5 Å². The number of rotatable bonds is 9. The standard InChI is InChI=1S/C22H25N3O3/c1-3-4-13-28-19-11-7-17(8-12-19)20-14-21(25-24-20)22(26)23-15-16-5-9-18(27-2)10-6-16/h5-12,14H,3-4,13,15H2,1-2H3,(H,23,26)(H,24,25). The minimum absolute atomic E-state index is 0.200. The van der Waals surface area contributed by atoms with Gasteiger partial charge >= 0.3 is 0 Å². The maximum atomic E-state index is 12.4. The molecule has 0 atom stereocenters. The second-order valence-electron chi connectivity index (χ2n) is 6.42. The van der Waals surface area contributed by atoms with Gasteiger partial charge in [-0.3, -0.25) is 9.89 Å². The van der Waals surface area contributed by atoms with E-state index in [1.807, 2.05) is 48.5 Å². The van der Waals surface area contributed by atoms with Crippen molar-refractivity contribution >= 4 is 5.91 Å². The first-order chi connectivity index (χ1) is 13.7. The predicted octanol–water partition coefficient (Wildman–Crippen LogP) is 4.19. The summed E-state index contributed by atoms with van der Waals surface area (Å²) in [5, 5.41) is 9.93. The molecular weight excluding hydrogens is 354 g/mol. The Morgan fingerprint density at radius 1 is 1.07 bits per heavy atom. The van der Waals surface area contributed by atoms with Gasteiger partial charge in [-0.2, -0.15) is 5.10 Å². The Hall–Kier alpha value is -3.28. The average Bonchev–Trinajstić information content (AvgIpc) is 3.23. The Balaban J connectivity index is 1.57. The van der Waals surface area contributed by atoms with Crippen LogP contribution in [0, 0.1) is 0 Å². The van der Waals surface area contributed by atoms with Crippen LogP contribution in [0.4, 0.5) is 0 Å². The fraction of sp³-hybridized carbons (Fsp3) is 0.273. The Labute approximate surface area is 164 Å². The van der Waals surface area contributed by atoms with Gasteiger partial charge in [0.05, 0.1) is 19.4 Å². The van der Waals surface area contributed by atoms with Crippen LogP contribution >= 0.6 is 0 Å². The number of benzene rings is 2. The Bertz CT molecular complexity index is 886. The summed E-state index contributed by atoms with van der Waals surface area (Å²) < 4.78 is 10.8. The monoisotopic (exact) mass is 379 g/mol. The minimum atomic E-state index is -0.200. The van der Waals surface area contributed by atoms with Gasteiger partial charge in [-0.15, -0.1) is 0 Å². The number of ether oxygens (including phenoxy) is 2. The van der Waals surface area contributed by atoms with Crippen molar-refractivity contribution in [1.82, 2.24) is 15.5 Å². The topological polar surface area (TPSA) is 76.2 Å². The van der Waals surface area contributed by atoms with E-state index in [2.05, 4.69) is 22.4 Å². The van der Waals surface area contributed by atoms with Gasteiger partial charge in [-0.25, -0.2) is 0 Å². The van der Waals surface area contributed by atoms with E-state index >= 15 is 0 Å². The molecule has 6 heteroatoms. The van der Waals surface area contributed by atoms with Crippen LogP contribution in [-0.4, -0.2) is 29.8 Å². The number of carbonyl (C=O) groups excluding carboxylic acids is 1. The van der Waals surface area contributed by atoms with Gasteiger partial charge in [-0.05, 0) is 54.4 Å². The van der Waals surface area contributed by atoms with Gasteiger partial charge in [0.15, 0.2) is 0 Å². The van der Waals surface area contributed by atoms with Crippen LogP contribution in [0.3, 0.4) is 0 Å². The SMILES string of the molecule is CCCCOc1ccc(-c2cc(C(=O)NCc3ccc(OC)cc3)[nH]n2)cc1. The van der Waals surface area contributed by atoms with Crippen LogP contribution in [-0.2, 0) is 6.54 Å². The first-order valence-electron chi connectivity index (χ1n) is 9.39. The molecule has 2 N–H and O–H groups in total. The summed E-state index contributed by atoms with van der Waals surface area (Å²) in [4.78, 5) is 12.4. The summed E-state index contributed by atoms with van der Waals surface area (Å²) in [5.41, 5.74) is 3.06. The van der Waals surface area contributed by atoms with Crippen molar-refractivity contribution in [3.8, 4) is 22.8 Å². The molecule has 2 aromatic carbocycles. The van der Waals surface area contributed by atoms with Crippen molar-refractivity contribution in [3.05, 3.63) is 65.9 Å². The van der Waals surface area contributed by atoms with E-state index in [0.717, 1.165) is 47.8 Å². The molecule has 0 fully saturated rings. The van der Waals surface area contributed by atoms with Crippen LogP contribution in [0.5, 0.6) is 11.5 Å². The molecule has 146 valence electrons. The molecule has 1 heterocycles. The van der Waals surface area contributed by atoms with Crippen molar-refractivity contribution in [3.63, 3.8) is 0 Å². The molecule has 0 unspecified atom stereocenters. The van der Waals surface area contributed by atoms with E-state index < -0.39 is 0 Å². The number of aromatic nitrogens is 2. The quantitative estimate of drug-likeness (QED) is 0.547. The highest BCUT2D eigenvalue weighted by molar-refractivity contribution is 5.93. The van der Waals surface area contributed by atoms with Gasteiger partial charge < -0.3 is 14.8 Å². The highest BCUT2D eigenvalue weighted by atomic mass is 16.5. The molecule has 0 saturated heterocycles. The highest BCUT2D eigenvalue weighted by Crippen LogP contribution is 2.21. The summed E-state index contributed by atoms with van der Waals surface area (Å²) >= 11 is 0. The Morgan fingerprint density at radius 2 is 1.79 bits per heavy atom. The third-order valence-electron chi connectivity index (χ3n) is 4.35. The lowest BCUT2D eigenvalue weighted by atomic mass is 10.1. The fourth-order valence-electron chi connectivity index (χ4n) is 2.66. The normalized spacial score (nSPS) is 10.5. The zero-order chi connectivity index (χ0) is 19.8. The van der Waals surface area contributed by atoms with E-state index in [0.29, 0.717) is 12.2 Å². The molecule has 1 amide bonds. The number of hydrogen-bond acceptors (Lipinski definition) is 4. The molecule has 0 aliphatic heterocycles. The summed E-state index contributed by atoms with van der Waals surface area (Å²) in [6, 6.07) is 17.0. The van der Waals surface area contributed by atoms with E-state index in [4.69, 9.17) is 9.47 Å². The lowest BCUT2D eigenvalue weighted by Gasteiger charge is -2.05. The van der Waals surface area contributed by atoms with Crippen molar-refractivity contribution in [2.75, 3.05) is 13.7 Å². The molecular formula is C22H25N3O3. The molecule has 0 radical (unpaired) electrons. The molecule has 3 aromatic rings. The van der Waals surface area contributed by atoms with Crippen LogP contribution < -0.4 is 14.8 Å². The lowest BCUT2D eigenvalue weighted by molar-refractivity contribution is 0.0946. The van der Waals surface area contributed by atoms with Crippen LogP contribution in [0.15, 0.2) is 54.6 Å². The molecule has 0 bridgehead atoms. The number of unbranched alkanes of at least 4 members (excludes halogenated alkanes) is 1. The molecule has 0 aliphatic rings. The molecule has 1 aromatic heterocycles. The maximum absolute atomic E-state index is 12.4. The lowest BCUT2D eigenvalue weighted by Crippen LogP contribution is -2.23. The van der Waals surface area contributed by atoms with E-state index in [1.54, 1.807) is 13.2 Å². The smallest absolute Gasteiger partial charge is 0.269 e. The Kier molecular flexibility index (Phi) is 6.68. The van der Waals surface area contributed by atoms with Crippen LogP contribution in [0.2, 0.25) is 0 Å². The third-order valence-corrected chi connectivity index (χ3v) is 4.35. The number of methoxy groups -OCH3 is 1. The highest BCUT2D eigenvalue weighted by Gasteiger charge is 2.11. The van der Waals surface area contributed by atoms with Crippen LogP contribution in [0.25, 0.3) is 11.3 Å². The second kappa shape index (κ2) is 9.60. The van der Waals surface area contributed by atoms with Crippen molar-refractivity contribution in [2.45, 2.75) is 26.3 Å². The number of aromatic amines is 1. The van der Waals surface area contributed by atoms with E-state index in [9.17, 15) is 4.79 Å². The van der Waals surface area contributed by atoms with Crippen molar-refractivity contribution in [2.24, 2.45) is 0 Å². The zero-order valence-electron chi connectivity index (χ0n) is 16.2. The molecule has 28 heavy (non-hydrogen) atoms. The molecule has 0 saturated carbocycles. The van der Waals surface area contributed by atoms with E-state index in [1.165, 1.54) is 0 Å². The molecule has 3 rings (SSSR count). The number of amides is 1. The molecule has 0 aliphatic carbocycles. The average molecular weight is 379 g/mol. The Morgan fingerprint density at radius 3 is 2.46 bits per heavy atom. The summed E-state index contributed by atoms with van der Waals surface area (Å²) in [6.45, 7) is 3.28. The molecule has 0 spiro atoms. The number of nitrogens with zero attached hydrogens (tertiary/aromatic N) is 1. The number of nitrogens with one attached hydrogen (secondary N) is 2. The summed E-state index contributed by atoms with van der Waals surface area (Å²) in [6.07, 6.45) is 2.14. The number of hydrogen-bond donors (Lipinski definition) is 2. The van der Waals surface area contributed by atoms with E-state index in [-0.39, 0.29) is 5.91 Å².